The number of benzene rings is 1. The fraction of sp³-hybridized carbons (Fsp3) is 0.600. The van der Waals surface area contributed by atoms with Crippen molar-refractivity contribution in [1.82, 2.24) is 5.32 Å². The molecular weight excluding hydrogens is 313 g/mol. The van der Waals surface area contributed by atoms with Crippen molar-refractivity contribution in [2.24, 2.45) is 0 Å². The second-order valence-electron chi connectivity index (χ2n) is 5.83. The first-order valence-electron chi connectivity index (χ1n) is 6.96. The Kier molecular flexibility index (Phi) is 6.20. The number of halogens is 2. The number of nitrogens with one attached hydrogen (secondary N) is 1. The number of sulfone groups is 1. The van der Waals surface area contributed by atoms with E-state index in [1.54, 1.807) is 26.0 Å². The van der Waals surface area contributed by atoms with Crippen LogP contribution in [0.2, 0.25) is 5.02 Å². The molecular formula is C15H23ClFNO2S. The van der Waals surface area contributed by atoms with Crippen LogP contribution >= 0.6 is 11.6 Å². The zero-order valence-corrected chi connectivity index (χ0v) is 14.5. The molecule has 1 aromatic carbocycles. The van der Waals surface area contributed by atoms with E-state index < -0.39 is 20.4 Å². The van der Waals surface area contributed by atoms with Crippen molar-refractivity contribution in [2.45, 2.75) is 44.4 Å². The van der Waals surface area contributed by atoms with E-state index >= 15 is 0 Å². The van der Waals surface area contributed by atoms with E-state index in [0.717, 1.165) is 18.5 Å². The molecule has 1 N–H and O–H groups in total. The molecule has 6 heteroatoms. The lowest BCUT2D eigenvalue weighted by Crippen LogP contribution is -2.52. The molecule has 3 nitrogen and oxygen atoms in total. The Hall–Kier alpha value is -0.650. The van der Waals surface area contributed by atoms with Crippen LogP contribution in [-0.4, -0.2) is 32.0 Å². The first kappa shape index (κ1) is 18.4. The van der Waals surface area contributed by atoms with Crippen LogP contribution < -0.4 is 5.32 Å². The molecule has 0 fully saturated rings. The summed E-state index contributed by atoms with van der Waals surface area (Å²) in [6.45, 7) is 6.16. The van der Waals surface area contributed by atoms with Crippen molar-refractivity contribution in [3.8, 4) is 0 Å². The van der Waals surface area contributed by atoms with Crippen LogP contribution in [0.4, 0.5) is 4.39 Å². The highest BCUT2D eigenvalue weighted by Gasteiger charge is 2.38. The van der Waals surface area contributed by atoms with E-state index in [2.05, 4.69) is 5.32 Å². The highest BCUT2D eigenvalue weighted by molar-refractivity contribution is 7.92. The molecule has 0 radical (unpaired) electrons. The van der Waals surface area contributed by atoms with Crippen LogP contribution in [0.3, 0.4) is 0 Å². The van der Waals surface area contributed by atoms with Crippen molar-refractivity contribution in [3.63, 3.8) is 0 Å². The molecule has 0 aliphatic heterocycles. The number of hydrogen-bond donors (Lipinski definition) is 1. The Labute approximate surface area is 131 Å². The van der Waals surface area contributed by atoms with E-state index in [0.29, 0.717) is 6.42 Å². The minimum atomic E-state index is -3.24. The lowest BCUT2D eigenvalue weighted by atomic mass is 9.95. The predicted octanol–water partition coefficient (Wildman–Crippen LogP) is 3.21. The minimum Gasteiger partial charge on any atom is -0.312 e. The van der Waals surface area contributed by atoms with Gasteiger partial charge in [0.1, 0.15) is 5.82 Å². The van der Waals surface area contributed by atoms with Crippen LogP contribution in [0.1, 0.15) is 32.8 Å². The van der Waals surface area contributed by atoms with Crippen molar-refractivity contribution in [3.05, 3.63) is 34.6 Å². The number of hydrogen-bond acceptors (Lipinski definition) is 3. The molecule has 1 aromatic rings. The second kappa shape index (κ2) is 7.07. The van der Waals surface area contributed by atoms with Crippen LogP contribution in [0, 0.1) is 5.82 Å². The molecule has 0 amide bonds. The lowest BCUT2D eigenvalue weighted by Gasteiger charge is -2.33. The van der Waals surface area contributed by atoms with Gasteiger partial charge in [-0.25, -0.2) is 12.8 Å². The summed E-state index contributed by atoms with van der Waals surface area (Å²) in [4.78, 5) is 0. The molecule has 0 bridgehead atoms. The van der Waals surface area contributed by atoms with E-state index in [4.69, 9.17) is 11.6 Å². The van der Waals surface area contributed by atoms with E-state index in [-0.39, 0.29) is 11.1 Å². The molecule has 0 aliphatic carbocycles. The van der Waals surface area contributed by atoms with Gasteiger partial charge in [-0.1, -0.05) is 24.6 Å². The molecule has 21 heavy (non-hydrogen) atoms. The first-order chi connectivity index (χ1) is 9.59. The Balaban J connectivity index is 3.05. The molecule has 1 atom stereocenters. The van der Waals surface area contributed by atoms with Crippen molar-refractivity contribution >= 4 is 21.4 Å². The van der Waals surface area contributed by atoms with Gasteiger partial charge in [-0.05, 0) is 50.9 Å². The molecule has 0 heterocycles. The highest BCUT2D eigenvalue weighted by atomic mass is 35.5. The van der Waals surface area contributed by atoms with Crippen molar-refractivity contribution in [2.75, 3.05) is 12.8 Å². The Bertz CT molecular complexity index is 587. The molecule has 0 saturated carbocycles. The summed E-state index contributed by atoms with van der Waals surface area (Å²) >= 11 is 5.79. The van der Waals surface area contributed by atoms with Gasteiger partial charge in [0.25, 0.3) is 0 Å². The predicted molar refractivity (Wildman–Crippen MR) is 86.1 cm³/mol. The van der Waals surface area contributed by atoms with Gasteiger partial charge in [-0.15, -0.1) is 0 Å². The largest absolute Gasteiger partial charge is 0.312 e. The Morgan fingerprint density at radius 3 is 2.48 bits per heavy atom. The molecule has 1 unspecified atom stereocenters. The van der Waals surface area contributed by atoms with Crippen molar-refractivity contribution in [1.29, 1.82) is 0 Å². The topological polar surface area (TPSA) is 46.2 Å². The van der Waals surface area contributed by atoms with Gasteiger partial charge in [-0.2, -0.15) is 0 Å². The maximum atomic E-state index is 13.2. The smallest absolute Gasteiger partial charge is 0.154 e. The standard InChI is InChI=1S/C15H23ClFNO2S/c1-5-8-18-14(15(2,3)21(4,19)20)10-11-6-7-13(17)12(16)9-11/h6-7,9,14,18H,5,8,10H2,1-4H3. The molecule has 0 aromatic heterocycles. The maximum absolute atomic E-state index is 13.2. The van der Waals surface area contributed by atoms with Gasteiger partial charge in [0.15, 0.2) is 9.84 Å². The average molecular weight is 336 g/mol. The monoisotopic (exact) mass is 335 g/mol. The molecule has 120 valence electrons. The van der Waals surface area contributed by atoms with Gasteiger partial charge < -0.3 is 5.32 Å². The maximum Gasteiger partial charge on any atom is 0.154 e. The third-order valence-electron chi connectivity index (χ3n) is 3.86. The van der Waals surface area contributed by atoms with E-state index in [1.807, 2.05) is 6.92 Å². The number of rotatable bonds is 7. The summed E-state index contributed by atoms with van der Waals surface area (Å²) in [6, 6.07) is 4.23. The lowest BCUT2D eigenvalue weighted by molar-refractivity contribution is 0.406. The van der Waals surface area contributed by atoms with Crippen LogP contribution in [0.25, 0.3) is 0 Å². The SMILES string of the molecule is CCCNC(Cc1ccc(F)c(Cl)c1)C(C)(C)S(C)(=O)=O. The zero-order chi connectivity index (χ0) is 16.3. The van der Waals surface area contributed by atoms with Gasteiger partial charge in [0, 0.05) is 12.3 Å². The fourth-order valence-corrected chi connectivity index (χ4v) is 2.93. The molecule has 1 rings (SSSR count). The molecule has 0 aliphatic rings. The normalized spacial score (nSPS) is 14.2. The summed E-state index contributed by atoms with van der Waals surface area (Å²) in [6.07, 6.45) is 2.62. The van der Waals surface area contributed by atoms with Crippen LogP contribution in [0.15, 0.2) is 18.2 Å². The summed E-state index contributed by atoms with van der Waals surface area (Å²) in [5, 5.41) is 3.34. The quantitative estimate of drug-likeness (QED) is 0.832. The Morgan fingerprint density at radius 2 is 2.00 bits per heavy atom. The minimum absolute atomic E-state index is 0.0545. The fourth-order valence-electron chi connectivity index (χ4n) is 2.04. The second-order valence-corrected chi connectivity index (χ2v) is 8.84. The van der Waals surface area contributed by atoms with Gasteiger partial charge in [0.05, 0.1) is 9.77 Å². The third-order valence-corrected chi connectivity index (χ3v) is 6.34. The third kappa shape index (κ3) is 4.66. The summed E-state index contributed by atoms with van der Waals surface area (Å²) in [5.41, 5.74) is 0.812. The van der Waals surface area contributed by atoms with Crippen LogP contribution in [0.5, 0.6) is 0 Å². The summed E-state index contributed by atoms with van der Waals surface area (Å²) < 4.78 is 36.4. The van der Waals surface area contributed by atoms with E-state index in [9.17, 15) is 12.8 Å². The van der Waals surface area contributed by atoms with Gasteiger partial charge >= 0.3 is 0 Å². The molecule has 0 saturated heterocycles. The Morgan fingerprint density at radius 1 is 1.38 bits per heavy atom. The molecule has 0 spiro atoms. The highest BCUT2D eigenvalue weighted by Crippen LogP contribution is 2.25. The van der Waals surface area contributed by atoms with Crippen LogP contribution in [-0.2, 0) is 16.3 Å². The van der Waals surface area contributed by atoms with Gasteiger partial charge in [0.2, 0.25) is 0 Å². The summed E-state index contributed by atoms with van der Waals surface area (Å²) in [7, 11) is -3.24. The van der Waals surface area contributed by atoms with E-state index in [1.165, 1.54) is 12.3 Å². The zero-order valence-electron chi connectivity index (χ0n) is 12.9. The average Bonchev–Trinajstić information content (AvgIpc) is 2.37. The van der Waals surface area contributed by atoms with Gasteiger partial charge in [-0.3, -0.25) is 0 Å². The first-order valence-corrected chi connectivity index (χ1v) is 9.23. The summed E-state index contributed by atoms with van der Waals surface area (Å²) in [5.74, 6) is -0.471. The van der Waals surface area contributed by atoms with Crippen molar-refractivity contribution < 1.29 is 12.8 Å².